The van der Waals surface area contributed by atoms with E-state index in [1.165, 1.54) is 11.3 Å². The Morgan fingerprint density at radius 1 is 0.707 bits per heavy atom. The lowest BCUT2D eigenvalue weighted by atomic mass is 10.1. The van der Waals surface area contributed by atoms with E-state index in [0.29, 0.717) is 174 Å². The summed E-state index contributed by atoms with van der Waals surface area (Å²) in [6.07, 6.45) is 6.13. The summed E-state index contributed by atoms with van der Waals surface area (Å²) in [5.74, 6) is -1.80. The van der Waals surface area contributed by atoms with Crippen molar-refractivity contribution in [2.45, 2.75) is 39.2 Å². The van der Waals surface area contributed by atoms with Crippen molar-refractivity contribution in [3.8, 4) is 0 Å². The standard InChI is InChI=1S/C49H76N8O18/c1-3-9-57(75-4-2)48(62)38-32-41-42(54-43(50)34-38)33-39(35-52-41)47(61)55-10-7-40(36-55)53-49(63)74-31-30-73-29-28-72-27-26-71-25-24-70-23-22-69-21-20-68-19-18-67-17-16-66-15-14-65-13-12-64-11-8-51-44(58)37-56-45(59)5-6-46(56)60/h5-6,32-33,35,40H,3-4,7-31,34,36-37H2,1-2H3,(H2,50,54)(H,51,58)(H,53,63)/t40-/m0/s1. The molecule has 4 heterocycles. The third kappa shape index (κ3) is 25.7. The van der Waals surface area contributed by atoms with Crippen LogP contribution in [0.15, 0.2) is 35.0 Å². The number of fused-ring (bicyclic) bond motifs is 1. The minimum Gasteiger partial charge on any atom is -0.447 e. The van der Waals surface area contributed by atoms with Gasteiger partial charge in [-0.1, -0.05) is 6.92 Å². The third-order valence-corrected chi connectivity index (χ3v) is 10.7. The molecule has 1 atom stereocenters. The molecule has 4 N–H and O–H groups in total. The Kier molecular flexibility index (Phi) is 31.5. The number of hydrogen-bond donors (Lipinski definition) is 3. The first-order chi connectivity index (χ1) is 36.6. The summed E-state index contributed by atoms with van der Waals surface area (Å²) in [4.78, 5) is 90.6. The van der Waals surface area contributed by atoms with Crippen molar-refractivity contribution < 1.29 is 85.7 Å². The highest BCUT2D eigenvalue weighted by Gasteiger charge is 2.30. The molecule has 1 aromatic heterocycles. The second-order valence-corrected chi connectivity index (χ2v) is 16.5. The highest BCUT2D eigenvalue weighted by molar-refractivity contribution is 6.14. The van der Waals surface area contributed by atoms with E-state index in [2.05, 4.69) is 20.6 Å². The predicted octanol–water partition coefficient (Wildman–Crippen LogP) is 0.195. The molecule has 3 aliphatic heterocycles. The molecule has 1 aromatic rings. The highest BCUT2D eigenvalue weighted by Crippen LogP contribution is 2.28. The number of pyridine rings is 1. The summed E-state index contributed by atoms with van der Waals surface area (Å²) in [5, 5.41) is 6.71. The van der Waals surface area contributed by atoms with E-state index in [1.807, 2.05) is 13.8 Å². The second-order valence-electron chi connectivity index (χ2n) is 16.5. The first kappa shape index (κ1) is 62.0. The number of nitrogens with two attached hydrogens (primary N) is 1. The van der Waals surface area contributed by atoms with Crippen LogP contribution in [-0.2, 0) is 76.1 Å². The van der Waals surface area contributed by atoms with Crippen LogP contribution in [0.25, 0.3) is 6.08 Å². The van der Waals surface area contributed by atoms with Crippen LogP contribution in [-0.4, -0.2) is 245 Å². The molecule has 1 saturated heterocycles. The van der Waals surface area contributed by atoms with Crippen LogP contribution in [0.2, 0.25) is 0 Å². The lowest BCUT2D eigenvalue weighted by Gasteiger charge is -2.21. The average Bonchev–Trinajstić information content (AvgIpc) is 3.94. The lowest BCUT2D eigenvalue weighted by molar-refractivity contribution is -0.180. The average molecular weight is 1070 g/mol. The number of amidine groups is 1. The van der Waals surface area contributed by atoms with Gasteiger partial charge in [-0.15, -0.1) is 0 Å². The number of hydroxylamine groups is 2. The SMILES string of the molecule is CCCN(OCC)C(=O)C1=Cc2ncc(C(=O)N3CC[C@H](NC(=O)OCCOCCOCCOCCOCCOCCOCCOCCOCCOCCOCCNC(=O)CN4C(=O)C=CC4=O)C3)cc2N=C(N)C1. The molecular formula is C49H76N8O18. The molecule has 420 valence electrons. The van der Waals surface area contributed by atoms with Crippen LogP contribution in [0.3, 0.4) is 0 Å². The Balaban J connectivity index is 0.841. The van der Waals surface area contributed by atoms with Crippen LogP contribution in [0.1, 0.15) is 49.2 Å². The minimum atomic E-state index is -0.598. The molecule has 0 spiro atoms. The van der Waals surface area contributed by atoms with Gasteiger partial charge in [-0.05, 0) is 31.9 Å². The van der Waals surface area contributed by atoms with Gasteiger partial charge in [-0.2, -0.15) is 0 Å². The van der Waals surface area contributed by atoms with E-state index in [4.69, 9.17) is 62.7 Å². The maximum atomic E-state index is 13.4. The Hall–Kier alpha value is -5.52. The Bertz CT molecular complexity index is 1970. The zero-order valence-corrected chi connectivity index (χ0v) is 43.3. The van der Waals surface area contributed by atoms with E-state index >= 15 is 0 Å². The van der Waals surface area contributed by atoms with E-state index < -0.39 is 23.8 Å². The van der Waals surface area contributed by atoms with Crippen LogP contribution in [0.5, 0.6) is 0 Å². The Morgan fingerprint density at radius 2 is 1.20 bits per heavy atom. The van der Waals surface area contributed by atoms with Crippen molar-refractivity contribution in [2.75, 3.05) is 178 Å². The van der Waals surface area contributed by atoms with E-state index in [9.17, 15) is 28.8 Å². The number of imide groups is 1. The van der Waals surface area contributed by atoms with Gasteiger partial charge in [0.25, 0.3) is 23.6 Å². The number of rotatable bonds is 42. The number of carbonyl (C=O) groups excluding carboxylic acids is 6. The van der Waals surface area contributed by atoms with Gasteiger partial charge in [0.1, 0.15) is 19.0 Å². The number of carbonyl (C=O) groups is 6. The maximum absolute atomic E-state index is 13.4. The van der Waals surface area contributed by atoms with Gasteiger partial charge in [-0.3, -0.25) is 38.7 Å². The molecule has 26 nitrogen and oxygen atoms in total. The predicted molar refractivity (Wildman–Crippen MR) is 268 cm³/mol. The molecule has 4 rings (SSSR count). The zero-order valence-electron chi connectivity index (χ0n) is 43.3. The first-order valence-corrected chi connectivity index (χ1v) is 25.4. The smallest absolute Gasteiger partial charge is 0.407 e. The number of nitrogens with one attached hydrogen (secondary N) is 2. The normalized spacial score (nSPS) is 15.2. The van der Waals surface area contributed by atoms with Gasteiger partial charge in [0.05, 0.1) is 162 Å². The number of hydrogen-bond acceptors (Lipinski definition) is 21. The van der Waals surface area contributed by atoms with Crippen LogP contribution in [0, 0.1) is 0 Å². The molecule has 0 saturated carbocycles. The van der Waals surface area contributed by atoms with Crippen LogP contribution >= 0.6 is 0 Å². The largest absolute Gasteiger partial charge is 0.447 e. The van der Waals surface area contributed by atoms with E-state index in [1.54, 1.807) is 17.0 Å². The second kappa shape index (κ2) is 38.1. The van der Waals surface area contributed by atoms with Gasteiger partial charge in [-0.25, -0.2) is 14.9 Å². The van der Waals surface area contributed by atoms with Gasteiger partial charge >= 0.3 is 6.09 Å². The number of aliphatic imine (C=N–C) groups is 1. The molecular weight excluding hydrogens is 989 g/mol. The Labute approximate surface area is 437 Å². The molecule has 0 radical (unpaired) electrons. The summed E-state index contributed by atoms with van der Waals surface area (Å²) in [6, 6.07) is 1.32. The van der Waals surface area contributed by atoms with Crippen molar-refractivity contribution >= 4 is 53.2 Å². The summed E-state index contributed by atoms with van der Waals surface area (Å²) in [5.41, 5.74) is 7.68. The molecule has 6 amide bonds. The topological polar surface area (TPSA) is 298 Å². The fourth-order valence-electron chi connectivity index (χ4n) is 7.05. The number of nitrogens with zero attached hydrogens (tertiary/aromatic N) is 5. The minimum absolute atomic E-state index is 0.0535. The summed E-state index contributed by atoms with van der Waals surface area (Å²) >= 11 is 0. The molecule has 0 bridgehead atoms. The summed E-state index contributed by atoms with van der Waals surface area (Å²) in [6.45, 7) is 13.0. The van der Waals surface area contributed by atoms with Gasteiger partial charge in [0, 0.05) is 56.5 Å². The number of alkyl carbamates (subject to hydrolysis) is 1. The monoisotopic (exact) mass is 1060 g/mol. The molecule has 1 fully saturated rings. The van der Waals surface area contributed by atoms with Gasteiger partial charge < -0.3 is 73.4 Å². The van der Waals surface area contributed by atoms with Gasteiger partial charge in [0.15, 0.2) is 0 Å². The van der Waals surface area contributed by atoms with Crippen molar-refractivity contribution in [2.24, 2.45) is 10.7 Å². The molecule has 75 heavy (non-hydrogen) atoms. The maximum Gasteiger partial charge on any atom is 0.407 e. The van der Waals surface area contributed by atoms with Crippen molar-refractivity contribution in [3.05, 3.63) is 41.2 Å². The number of amides is 6. The summed E-state index contributed by atoms with van der Waals surface area (Å²) in [7, 11) is 0. The fraction of sp³-hybridized carbons (Fsp3) is 0.673. The zero-order chi connectivity index (χ0) is 53.7. The Morgan fingerprint density at radius 3 is 1.69 bits per heavy atom. The fourth-order valence-corrected chi connectivity index (χ4v) is 7.05. The van der Waals surface area contributed by atoms with E-state index in [-0.39, 0.29) is 63.0 Å². The first-order valence-electron chi connectivity index (χ1n) is 25.4. The highest BCUT2D eigenvalue weighted by atomic mass is 16.7. The molecule has 0 aliphatic carbocycles. The van der Waals surface area contributed by atoms with E-state index in [0.717, 1.165) is 23.5 Å². The molecule has 3 aliphatic rings. The summed E-state index contributed by atoms with van der Waals surface area (Å²) < 4.78 is 60.0. The van der Waals surface area contributed by atoms with Crippen molar-refractivity contribution in [1.29, 1.82) is 0 Å². The molecule has 0 unspecified atom stereocenters. The van der Waals surface area contributed by atoms with Crippen molar-refractivity contribution in [3.63, 3.8) is 0 Å². The van der Waals surface area contributed by atoms with Crippen LogP contribution in [0.4, 0.5) is 10.5 Å². The quantitative estimate of drug-likeness (QED) is 0.0447. The lowest BCUT2D eigenvalue weighted by Crippen LogP contribution is -2.41. The number of likely N-dealkylation sites (tertiary alicyclic amines) is 1. The van der Waals surface area contributed by atoms with Gasteiger partial charge in [0.2, 0.25) is 5.91 Å². The van der Waals surface area contributed by atoms with Crippen LogP contribution < -0.4 is 16.4 Å². The molecule has 0 aromatic carbocycles. The number of ether oxygens (including phenoxy) is 11. The molecule has 26 heteroatoms. The van der Waals surface area contributed by atoms with Crippen molar-refractivity contribution in [1.82, 2.24) is 30.5 Å². The number of aromatic nitrogens is 1. The third-order valence-electron chi connectivity index (χ3n) is 10.7.